The molecule has 0 bridgehead atoms. The van der Waals surface area contributed by atoms with Crippen LogP contribution in [0.4, 0.5) is 0 Å². The van der Waals surface area contributed by atoms with Crippen molar-refractivity contribution < 1.29 is 124 Å². The molecule has 336 valence electrons. The molecular formula is C36H43O25+. The number of hydrogen-bond acceptors (Lipinski definition) is 23. The standard InChI is InChI=1S/C36H42O25/c37-7-18-24(45)27(48)30(51)34(59-18)56-15-1-10(2-16(23(15)44)57-35-31(52)28(49)25(46)19(8-38)60-35)33-17(5-12-13(40)3-11(39)4-14(12)55-33)58-36-32(53)29(50)26(47)20(61-36)9-54-22(43)6-21(41)42/h1-5,18-20,24-32,34-38,45-53H,6-9H2,(H3-,39,40,41,42,44)/p+1/t18?,19?,20?,24-,25-,26-,27+,28+,29+,30?,31?,32?,34-,35-,36-/m1/s1. The molecule has 0 amide bonds. The topological polar surface area (TPSA) is 414 Å². The van der Waals surface area contributed by atoms with Gasteiger partial charge in [0.15, 0.2) is 11.5 Å². The van der Waals surface area contributed by atoms with Crippen molar-refractivity contribution in [3.8, 4) is 45.8 Å². The fourth-order valence-electron chi connectivity index (χ4n) is 6.57. The maximum atomic E-state index is 11.9. The van der Waals surface area contributed by atoms with Gasteiger partial charge in [0.1, 0.15) is 103 Å². The summed E-state index contributed by atoms with van der Waals surface area (Å²) in [6.07, 6.45) is -29.4. The Kier molecular flexibility index (Phi) is 13.9. The van der Waals surface area contributed by atoms with Crippen LogP contribution in [0.5, 0.6) is 34.5 Å². The van der Waals surface area contributed by atoms with Crippen molar-refractivity contribution >= 4 is 22.9 Å². The molecule has 15 N–H and O–H groups in total. The van der Waals surface area contributed by atoms with E-state index >= 15 is 0 Å². The quantitative estimate of drug-likeness (QED) is 0.0434. The highest BCUT2D eigenvalue weighted by molar-refractivity contribution is 5.90. The Bertz CT molecular complexity index is 1980. The van der Waals surface area contributed by atoms with E-state index in [0.29, 0.717) is 0 Å². The predicted octanol–water partition coefficient (Wildman–Crippen LogP) is -4.94. The van der Waals surface area contributed by atoms with E-state index in [2.05, 4.69) is 0 Å². The Labute approximate surface area is 341 Å². The van der Waals surface area contributed by atoms with Gasteiger partial charge in [0.25, 0.3) is 0 Å². The number of aliphatic carboxylic acids is 1. The van der Waals surface area contributed by atoms with Crippen molar-refractivity contribution in [3.63, 3.8) is 0 Å². The summed E-state index contributed by atoms with van der Waals surface area (Å²) in [7, 11) is 0. The molecule has 15 atom stereocenters. The third-order valence-electron chi connectivity index (χ3n) is 9.92. The van der Waals surface area contributed by atoms with Gasteiger partial charge in [-0.1, -0.05) is 0 Å². The highest BCUT2D eigenvalue weighted by Crippen LogP contribution is 2.47. The Hall–Kier alpha value is -4.97. The molecule has 6 unspecified atom stereocenters. The van der Waals surface area contributed by atoms with E-state index < -0.39 is 171 Å². The molecule has 3 aliphatic rings. The molecule has 3 aliphatic heterocycles. The van der Waals surface area contributed by atoms with Gasteiger partial charge < -0.3 is 110 Å². The number of carbonyl (C=O) groups excluding carboxylic acids is 1. The molecule has 3 saturated heterocycles. The van der Waals surface area contributed by atoms with Crippen LogP contribution in [-0.4, -0.2) is 200 Å². The number of phenolic OH excluding ortho intramolecular Hbond substituents is 3. The van der Waals surface area contributed by atoms with Gasteiger partial charge in [-0.2, -0.15) is 0 Å². The van der Waals surface area contributed by atoms with Crippen LogP contribution in [0.1, 0.15) is 6.42 Å². The van der Waals surface area contributed by atoms with Crippen LogP contribution in [0.25, 0.3) is 22.3 Å². The van der Waals surface area contributed by atoms with Gasteiger partial charge in [0.05, 0.1) is 24.8 Å². The van der Waals surface area contributed by atoms with Gasteiger partial charge >= 0.3 is 23.3 Å². The van der Waals surface area contributed by atoms with Gasteiger partial charge in [-0.05, 0) is 0 Å². The van der Waals surface area contributed by atoms with Gasteiger partial charge in [0.2, 0.25) is 30.4 Å². The second-order valence-electron chi connectivity index (χ2n) is 14.2. The van der Waals surface area contributed by atoms with Crippen molar-refractivity contribution in [1.29, 1.82) is 0 Å². The summed E-state index contributed by atoms with van der Waals surface area (Å²) in [5.74, 6) is -7.35. The maximum Gasteiger partial charge on any atom is 0.402 e. The lowest BCUT2D eigenvalue weighted by molar-refractivity contribution is -0.279. The average Bonchev–Trinajstić information content (AvgIpc) is 3.21. The van der Waals surface area contributed by atoms with Crippen molar-refractivity contribution in [2.75, 3.05) is 19.8 Å². The van der Waals surface area contributed by atoms with Crippen molar-refractivity contribution in [2.24, 2.45) is 0 Å². The number of fused-ring (bicyclic) bond motifs is 1. The van der Waals surface area contributed by atoms with Crippen molar-refractivity contribution in [3.05, 3.63) is 30.3 Å². The molecule has 25 heteroatoms. The molecular weight excluding hydrogens is 832 g/mol. The highest BCUT2D eigenvalue weighted by Gasteiger charge is 2.49. The highest BCUT2D eigenvalue weighted by atomic mass is 16.7. The lowest BCUT2D eigenvalue weighted by Gasteiger charge is -2.40. The molecule has 0 saturated carbocycles. The minimum atomic E-state index is -2.09. The number of rotatable bonds is 13. The second-order valence-corrected chi connectivity index (χ2v) is 14.2. The maximum absolute atomic E-state index is 11.9. The molecule has 0 aliphatic carbocycles. The number of benzene rings is 2. The third-order valence-corrected chi connectivity index (χ3v) is 9.92. The normalized spacial score (nSPS) is 34.1. The van der Waals surface area contributed by atoms with E-state index in [4.69, 9.17) is 42.7 Å². The number of hydrogen-bond donors (Lipinski definition) is 15. The SMILES string of the molecule is O=C(O)CC(=O)OCC1O[C@@H](Oc2cc3c(O)cc(O)cc3[o+]c2-c2cc(O[C@@H]3OC(CO)[C@@H](O)[C@H](O)C3O)c(O)c(O[C@@H]3OC(CO)[C@@H](O)[C@H](O)C3O)c2)C(O)[C@@H](O)[C@@H]1O. The first-order valence-electron chi connectivity index (χ1n) is 18.2. The van der Waals surface area contributed by atoms with Crippen LogP contribution in [0.2, 0.25) is 0 Å². The van der Waals surface area contributed by atoms with E-state index in [1.165, 1.54) is 0 Å². The van der Waals surface area contributed by atoms with Gasteiger partial charge in [0, 0.05) is 24.3 Å². The van der Waals surface area contributed by atoms with E-state index in [9.17, 15) is 81.1 Å². The summed E-state index contributed by atoms with van der Waals surface area (Å²) in [6.45, 7) is -2.61. The van der Waals surface area contributed by atoms with E-state index in [1.807, 2.05) is 0 Å². The third kappa shape index (κ3) is 9.44. The summed E-state index contributed by atoms with van der Waals surface area (Å²) in [4.78, 5) is 22.8. The number of carbonyl (C=O) groups is 2. The Morgan fingerprint density at radius 1 is 0.590 bits per heavy atom. The van der Waals surface area contributed by atoms with Crippen LogP contribution in [-0.2, 0) is 28.5 Å². The molecule has 25 nitrogen and oxygen atoms in total. The number of aromatic hydroxyl groups is 3. The summed E-state index contributed by atoms with van der Waals surface area (Å²) in [5, 5.41) is 156. The van der Waals surface area contributed by atoms with Crippen LogP contribution < -0.4 is 14.2 Å². The van der Waals surface area contributed by atoms with Crippen molar-refractivity contribution in [2.45, 2.75) is 98.5 Å². The first-order valence-corrected chi connectivity index (χ1v) is 18.2. The van der Waals surface area contributed by atoms with E-state index in [-0.39, 0.29) is 16.5 Å². The zero-order valence-electron chi connectivity index (χ0n) is 31.2. The van der Waals surface area contributed by atoms with Crippen LogP contribution in [0.15, 0.2) is 34.7 Å². The van der Waals surface area contributed by atoms with Gasteiger partial charge in [-0.25, -0.2) is 4.42 Å². The molecule has 2 aromatic carbocycles. The molecule has 6 rings (SSSR count). The number of aliphatic hydroxyl groups excluding tert-OH is 11. The Balaban J connectivity index is 1.46. The van der Waals surface area contributed by atoms with Crippen molar-refractivity contribution in [1.82, 2.24) is 0 Å². The lowest BCUT2D eigenvalue weighted by atomic mass is 9.99. The first-order chi connectivity index (χ1) is 28.8. The molecule has 61 heavy (non-hydrogen) atoms. The average molecular weight is 876 g/mol. The lowest BCUT2D eigenvalue weighted by Crippen LogP contribution is -2.60. The predicted molar refractivity (Wildman–Crippen MR) is 190 cm³/mol. The van der Waals surface area contributed by atoms with E-state index in [1.54, 1.807) is 0 Å². The van der Waals surface area contributed by atoms with Crippen LogP contribution >= 0.6 is 0 Å². The number of esters is 1. The summed E-state index contributed by atoms with van der Waals surface area (Å²) >= 11 is 0. The van der Waals surface area contributed by atoms with Crippen LogP contribution in [0.3, 0.4) is 0 Å². The van der Waals surface area contributed by atoms with Gasteiger partial charge in [-0.15, -0.1) is 0 Å². The second kappa shape index (κ2) is 18.6. The zero-order valence-corrected chi connectivity index (χ0v) is 31.2. The molecule has 4 heterocycles. The van der Waals surface area contributed by atoms with Gasteiger partial charge in [-0.3, -0.25) is 9.59 Å². The number of phenols is 3. The first kappa shape index (κ1) is 45.6. The number of ether oxygens (including phenoxy) is 7. The molecule has 3 aromatic rings. The smallest absolute Gasteiger partial charge is 0.402 e. The minimum absolute atomic E-state index is 0.170. The summed E-state index contributed by atoms with van der Waals surface area (Å²) in [5.41, 5.74) is -0.591. The fraction of sp³-hybridized carbons (Fsp3) is 0.528. The largest absolute Gasteiger partial charge is 0.507 e. The van der Waals surface area contributed by atoms with E-state index in [0.717, 1.165) is 30.3 Å². The molecule has 0 radical (unpaired) electrons. The molecule has 1 aromatic heterocycles. The molecule has 3 fully saturated rings. The Morgan fingerprint density at radius 2 is 1.05 bits per heavy atom. The summed E-state index contributed by atoms with van der Waals surface area (Å²) in [6, 6.07) is 4.93. The number of aliphatic hydroxyl groups is 11. The number of carboxylic acids is 1. The van der Waals surface area contributed by atoms with Crippen LogP contribution in [0, 0.1) is 0 Å². The Morgan fingerprint density at radius 3 is 1.52 bits per heavy atom. The molecule has 0 spiro atoms. The summed E-state index contributed by atoms with van der Waals surface area (Å²) < 4.78 is 44.6. The fourth-order valence-corrected chi connectivity index (χ4v) is 6.57. The minimum Gasteiger partial charge on any atom is -0.507 e. The number of carboxylic acid groups (broad SMARTS) is 1. The monoisotopic (exact) mass is 875 g/mol. The zero-order chi connectivity index (χ0) is 44.6.